The number of benzene rings is 2. The number of thioether (sulfide) groups is 1. The fraction of sp³-hybridized carbons (Fsp3) is 0.211. The van der Waals surface area contributed by atoms with Gasteiger partial charge in [-0.15, -0.1) is 5.10 Å². The third kappa shape index (κ3) is 5.32. The van der Waals surface area contributed by atoms with Gasteiger partial charge in [0, 0.05) is 5.69 Å². The van der Waals surface area contributed by atoms with Crippen LogP contribution in [0.15, 0.2) is 47.6 Å². The molecule has 0 aliphatic rings. The summed E-state index contributed by atoms with van der Waals surface area (Å²) >= 11 is 1.14. The van der Waals surface area contributed by atoms with Crippen molar-refractivity contribution in [2.45, 2.75) is 19.0 Å². The molecule has 0 atom stereocenters. The van der Waals surface area contributed by atoms with E-state index in [-0.39, 0.29) is 29.9 Å². The van der Waals surface area contributed by atoms with Gasteiger partial charge in [0.1, 0.15) is 5.75 Å². The summed E-state index contributed by atoms with van der Waals surface area (Å²) in [7, 11) is 0. The maximum absolute atomic E-state index is 12.1. The molecule has 0 bridgehead atoms. The number of carbonyl (C=O) groups is 2. The van der Waals surface area contributed by atoms with Crippen LogP contribution in [0.3, 0.4) is 0 Å². The highest BCUT2D eigenvalue weighted by atomic mass is 32.2. The highest BCUT2D eigenvalue weighted by molar-refractivity contribution is 7.99. The Labute approximate surface area is 171 Å². The number of rotatable bonds is 7. The fourth-order valence-electron chi connectivity index (χ4n) is 2.47. The second-order valence-electron chi connectivity index (χ2n) is 6.25. The minimum absolute atomic E-state index is 0.0508. The summed E-state index contributed by atoms with van der Waals surface area (Å²) in [6.07, 6.45) is 0. The molecule has 0 radical (unpaired) electrons. The quantitative estimate of drug-likeness (QED) is 0.506. The molecule has 10 heteroatoms. The van der Waals surface area contributed by atoms with Crippen molar-refractivity contribution in [3.8, 4) is 11.4 Å². The zero-order chi connectivity index (χ0) is 20.8. The van der Waals surface area contributed by atoms with Crippen molar-refractivity contribution < 1.29 is 14.7 Å². The first kappa shape index (κ1) is 20.3. The summed E-state index contributed by atoms with van der Waals surface area (Å²) in [6.45, 7) is 3.77. The van der Waals surface area contributed by atoms with E-state index < -0.39 is 0 Å². The van der Waals surface area contributed by atoms with E-state index in [0.717, 1.165) is 28.6 Å². The van der Waals surface area contributed by atoms with Crippen LogP contribution in [-0.4, -0.2) is 49.4 Å². The molecule has 1 aromatic heterocycles. The van der Waals surface area contributed by atoms with Crippen LogP contribution in [-0.2, 0) is 9.59 Å². The molecule has 2 aromatic carbocycles. The van der Waals surface area contributed by atoms with Gasteiger partial charge in [-0.1, -0.05) is 23.9 Å². The van der Waals surface area contributed by atoms with E-state index in [1.54, 1.807) is 12.1 Å². The molecule has 3 rings (SSSR count). The van der Waals surface area contributed by atoms with Gasteiger partial charge in [0.25, 0.3) is 0 Å². The van der Waals surface area contributed by atoms with Gasteiger partial charge >= 0.3 is 0 Å². The number of phenols is 1. The highest BCUT2D eigenvalue weighted by Gasteiger charge is 2.13. The van der Waals surface area contributed by atoms with Crippen molar-refractivity contribution in [3.63, 3.8) is 0 Å². The Kier molecular flexibility index (Phi) is 6.45. The number of nitrogens with one attached hydrogen (secondary N) is 2. The Balaban J connectivity index is 1.49. The maximum atomic E-state index is 12.1. The molecule has 9 nitrogen and oxygen atoms in total. The van der Waals surface area contributed by atoms with E-state index in [4.69, 9.17) is 0 Å². The Hall–Kier alpha value is -3.40. The number of aryl methyl sites for hydroxylation is 1. The normalized spacial score (nSPS) is 10.6. The van der Waals surface area contributed by atoms with Gasteiger partial charge in [-0.25, -0.2) is 0 Å². The zero-order valence-electron chi connectivity index (χ0n) is 15.9. The Morgan fingerprint density at radius 2 is 1.86 bits per heavy atom. The average molecular weight is 412 g/mol. The average Bonchev–Trinajstić information content (AvgIpc) is 3.17. The lowest BCUT2D eigenvalue weighted by Crippen LogP contribution is -2.34. The first-order chi connectivity index (χ1) is 13.9. The van der Waals surface area contributed by atoms with Crippen LogP contribution in [0.1, 0.15) is 11.1 Å². The van der Waals surface area contributed by atoms with Crippen molar-refractivity contribution in [3.05, 3.63) is 53.6 Å². The number of hydrogen-bond acceptors (Lipinski definition) is 7. The van der Waals surface area contributed by atoms with Crippen LogP contribution in [0.5, 0.6) is 5.75 Å². The van der Waals surface area contributed by atoms with Crippen molar-refractivity contribution in [2.24, 2.45) is 0 Å². The maximum Gasteiger partial charge on any atom is 0.243 e. The summed E-state index contributed by atoms with van der Waals surface area (Å²) in [5.41, 5.74) is 3.45. The predicted molar refractivity (Wildman–Crippen MR) is 109 cm³/mol. The summed E-state index contributed by atoms with van der Waals surface area (Å²) < 4.78 is 1.46. The second-order valence-corrected chi connectivity index (χ2v) is 7.19. The molecule has 0 unspecified atom stereocenters. The molecule has 0 fully saturated rings. The Morgan fingerprint density at radius 1 is 1.10 bits per heavy atom. The van der Waals surface area contributed by atoms with Crippen LogP contribution in [0.25, 0.3) is 5.69 Å². The largest absolute Gasteiger partial charge is 0.508 e. The van der Waals surface area contributed by atoms with Gasteiger partial charge in [-0.05, 0) is 65.7 Å². The molecule has 150 valence electrons. The van der Waals surface area contributed by atoms with Gasteiger partial charge < -0.3 is 15.7 Å². The molecule has 0 aliphatic heterocycles. The van der Waals surface area contributed by atoms with Crippen LogP contribution in [0.2, 0.25) is 0 Å². The summed E-state index contributed by atoms with van der Waals surface area (Å²) in [4.78, 5) is 24.2. The smallest absolute Gasteiger partial charge is 0.243 e. The van der Waals surface area contributed by atoms with E-state index in [2.05, 4.69) is 26.2 Å². The monoisotopic (exact) mass is 412 g/mol. The van der Waals surface area contributed by atoms with E-state index in [1.165, 1.54) is 16.8 Å². The molecule has 3 aromatic rings. The predicted octanol–water partition coefficient (Wildman–Crippen LogP) is 1.83. The molecule has 0 saturated heterocycles. The molecule has 0 spiro atoms. The van der Waals surface area contributed by atoms with Crippen molar-refractivity contribution >= 4 is 29.3 Å². The van der Waals surface area contributed by atoms with E-state index in [1.807, 2.05) is 32.0 Å². The number of hydrogen-bond donors (Lipinski definition) is 3. The topological polar surface area (TPSA) is 122 Å². The minimum atomic E-state index is -0.314. The van der Waals surface area contributed by atoms with E-state index in [9.17, 15) is 14.7 Å². The highest BCUT2D eigenvalue weighted by Crippen LogP contribution is 2.20. The fourth-order valence-corrected chi connectivity index (χ4v) is 3.19. The molecule has 1 heterocycles. The minimum Gasteiger partial charge on any atom is -0.508 e. The third-order valence-corrected chi connectivity index (χ3v) is 5.11. The molecule has 2 amide bonds. The lowest BCUT2D eigenvalue weighted by molar-refractivity contribution is -0.122. The van der Waals surface area contributed by atoms with Crippen LogP contribution >= 0.6 is 11.8 Å². The van der Waals surface area contributed by atoms with Gasteiger partial charge in [-0.3, -0.25) is 9.59 Å². The number of amides is 2. The van der Waals surface area contributed by atoms with E-state index in [0.29, 0.717) is 10.8 Å². The van der Waals surface area contributed by atoms with Gasteiger partial charge in [0.2, 0.25) is 17.0 Å². The summed E-state index contributed by atoms with van der Waals surface area (Å²) in [5.74, 6) is -0.429. The molecule has 0 aliphatic carbocycles. The van der Waals surface area contributed by atoms with Crippen molar-refractivity contribution in [1.29, 1.82) is 0 Å². The molecule has 0 saturated carbocycles. The van der Waals surface area contributed by atoms with Gasteiger partial charge in [0.15, 0.2) is 0 Å². The first-order valence-electron chi connectivity index (χ1n) is 8.77. The zero-order valence-corrected chi connectivity index (χ0v) is 16.7. The standard InChI is InChI=1S/C19H20N6O3S/c1-12-4-3-5-16(13(12)2)21-17(27)10-20-18(28)11-29-19-22-23-24-25(19)14-6-8-15(26)9-7-14/h3-9,26H,10-11H2,1-2H3,(H,20,28)(H,21,27). The Morgan fingerprint density at radius 3 is 2.62 bits per heavy atom. The number of carbonyl (C=O) groups excluding carboxylic acids is 2. The van der Waals surface area contributed by atoms with E-state index >= 15 is 0 Å². The molecular formula is C19H20N6O3S. The third-order valence-electron chi connectivity index (χ3n) is 4.19. The number of phenolic OH excluding ortho intramolecular Hbond substituents is 1. The lowest BCUT2D eigenvalue weighted by atomic mass is 10.1. The molecule has 3 N–H and O–H groups in total. The Bertz CT molecular complexity index is 1020. The first-order valence-corrected chi connectivity index (χ1v) is 9.76. The summed E-state index contributed by atoms with van der Waals surface area (Å²) in [5, 5.41) is 26.6. The lowest BCUT2D eigenvalue weighted by Gasteiger charge is -2.11. The van der Waals surface area contributed by atoms with Gasteiger partial charge in [-0.2, -0.15) is 4.68 Å². The van der Waals surface area contributed by atoms with Crippen LogP contribution in [0, 0.1) is 13.8 Å². The molecular weight excluding hydrogens is 392 g/mol. The van der Waals surface area contributed by atoms with Gasteiger partial charge in [0.05, 0.1) is 18.0 Å². The van der Waals surface area contributed by atoms with Crippen molar-refractivity contribution in [1.82, 2.24) is 25.5 Å². The van der Waals surface area contributed by atoms with Crippen LogP contribution < -0.4 is 10.6 Å². The molecule has 29 heavy (non-hydrogen) atoms. The number of anilines is 1. The summed E-state index contributed by atoms with van der Waals surface area (Å²) in [6, 6.07) is 12.0. The second kappa shape index (κ2) is 9.20. The number of nitrogens with zero attached hydrogens (tertiary/aromatic N) is 4. The number of aromatic hydroxyl groups is 1. The van der Waals surface area contributed by atoms with Crippen molar-refractivity contribution in [2.75, 3.05) is 17.6 Å². The number of aromatic nitrogens is 4. The SMILES string of the molecule is Cc1cccc(NC(=O)CNC(=O)CSc2nnnn2-c2ccc(O)cc2)c1C. The van der Waals surface area contributed by atoms with Crippen LogP contribution in [0.4, 0.5) is 5.69 Å². The number of tetrazole rings is 1.